The van der Waals surface area contributed by atoms with E-state index in [9.17, 15) is 14.4 Å². The molecule has 0 bridgehead atoms. The third-order valence-electron chi connectivity index (χ3n) is 6.54. The number of carbonyl (C=O) groups excluding carboxylic acids is 3. The van der Waals surface area contributed by atoms with E-state index < -0.39 is 11.9 Å². The van der Waals surface area contributed by atoms with Crippen molar-refractivity contribution in [2.75, 3.05) is 26.8 Å². The molecule has 9 nitrogen and oxygen atoms in total. The van der Waals surface area contributed by atoms with Crippen molar-refractivity contribution in [3.63, 3.8) is 0 Å². The number of hydrogen-bond acceptors (Lipinski definition) is 7. The van der Waals surface area contributed by atoms with Gasteiger partial charge in [-0.05, 0) is 38.0 Å². The van der Waals surface area contributed by atoms with Crippen LogP contribution in [-0.4, -0.2) is 66.4 Å². The van der Waals surface area contributed by atoms with Gasteiger partial charge in [0.2, 0.25) is 17.8 Å². The third kappa shape index (κ3) is 5.29. The molecule has 4 rings (SSSR count). The lowest BCUT2D eigenvalue weighted by Crippen LogP contribution is -2.44. The molecule has 1 unspecified atom stereocenters. The number of amides is 2. The molecule has 1 saturated heterocycles. The van der Waals surface area contributed by atoms with Crippen LogP contribution in [0.5, 0.6) is 5.75 Å². The van der Waals surface area contributed by atoms with Gasteiger partial charge < -0.3 is 19.3 Å². The van der Waals surface area contributed by atoms with Crippen molar-refractivity contribution in [2.45, 2.75) is 58.0 Å². The minimum atomic E-state index is -0.872. The van der Waals surface area contributed by atoms with Gasteiger partial charge in [0.15, 0.2) is 0 Å². The quantitative estimate of drug-likeness (QED) is 0.476. The summed E-state index contributed by atoms with van der Waals surface area (Å²) in [5.74, 6) is -0.399. The summed E-state index contributed by atoms with van der Waals surface area (Å²) >= 11 is 0. The number of hydrogen-bond donors (Lipinski definition) is 1. The van der Waals surface area contributed by atoms with Crippen LogP contribution < -0.4 is 10.1 Å². The van der Waals surface area contributed by atoms with Gasteiger partial charge in [-0.3, -0.25) is 19.7 Å². The van der Waals surface area contributed by atoms with Crippen LogP contribution in [0.25, 0.3) is 0 Å². The van der Waals surface area contributed by atoms with Crippen LogP contribution in [0.4, 0.5) is 5.69 Å². The summed E-state index contributed by atoms with van der Waals surface area (Å²) < 4.78 is 11.1. The summed E-state index contributed by atoms with van der Waals surface area (Å²) in [6, 6.07) is 5.74. The lowest BCUT2D eigenvalue weighted by Gasteiger charge is -2.33. The molecule has 1 aromatic rings. The molecule has 33 heavy (non-hydrogen) atoms. The zero-order valence-corrected chi connectivity index (χ0v) is 19.3. The molecule has 9 heteroatoms. The predicted molar refractivity (Wildman–Crippen MR) is 122 cm³/mol. The van der Waals surface area contributed by atoms with Crippen molar-refractivity contribution in [1.82, 2.24) is 15.1 Å². The number of guanidine groups is 1. The molecule has 2 aliphatic heterocycles. The standard InChI is InChI=1S/C24H32N4O5/c1-3-32-23(31)19(22(30)27(2)17-7-5-4-6-8-17)11-12-33-18-9-10-20-16(13-18)14-28-15-21(29)26-24(28)25-20/h9-10,13,17,19H,3-8,11-12,14-15H2,1-2H3,(H,25,26,29). The van der Waals surface area contributed by atoms with Gasteiger partial charge in [0.05, 0.1) is 18.9 Å². The fraction of sp³-hybridized carbons (Fsp3) is 0.583. The first-order chi connectivity index (χ1) is 16.0. The van der Waals surface area contributed by atoms with Gasteiger partial charge in [-0.25, -0.2) is 4.99 Å². The van der Waals surface area contributed by atoms with E-state index in [-0.39, 0.29) is 37.5 Å². The Bertz CT molecular complexity index is 941. The second-order valence-electron chi connectivity index (χ2n) is 8.81. The van der Waals surface area contributed by atoms with Crippen molar-refractivity contribution in [1.29, 1.82) is 0 Å². The first-order valence-electron chi connectivity index (χ1n) is 11.8. The third-order valence-corrected chi connectivity index (χ3v) is 6.54. The summed E-state index contributed by atoms with van der Waals surface area (Å²) in [5, 5.41) is 2.75. The van der Waals surface area contributed by atoms with E-state index in [4.69, 9.17) is 9.47 Å². The number of esters is 1. The monoisotopic (exact) mass is 456 g/mol. The summed E-state index contributed by atoms with van der Waals surface area (Å²) in [6.07, 6.45) is 5.63. The minimum Gasteiger partial charge on any atom is -0.494 e. The molecule has 2 heterocycles. The summed E-state index contributed by atoms with van der Waals surface area (Å²) in [5.41, 5.74) is 1.76. The van der Waals surface area contributed by atoms with Crippen molar-refractivity contribution in [3.8, 4) is 5.75 Å². The SMILES string of the molecule is CCOC(=O)C(CCOc1ccc2c(c1)CN1CC(=O)NC1=N2)C(=O)N(C)C1CCCCC1. The largest absolute Gasteiger partial charge is 0.494 e. The number of carbonyl (C=O) groups is 3. The molecule has 1 atom stereocenters. The molecular formula is C24H32N4O5. The summed E-state index contributed by atoms with van der Waals surface area (Å²) in [6.45, 7) is 3.05. The molecule has 3 aliphatic rings. The number of rotatable bonds is 8. The fourth-order valence-corrected chi connectivity index (χ4v) is 4.70. The summed E-state index contributed by atoms with van der Waals surface area (Å²) in [4.78, 5) is 45.4. The maximum atomic E-state index is 13.1. The van der Waals surface area contributed by atoms with Gasteiger partial charge in [-0.1, -0.05) is 19.3 Å². The molecule has 1 aromatic carbocycles. The molecule has 2 amide bonds. The maximum absolute atomic E-state index is 13.1. The van der Waals surface area contributed by atoms with E-state index in [1.165, 1.54) is 6.42 Å². The Balaban J connectivity index is 1.37. The van der Waals surface area contributed by atoms with Crippen LogP contribution in [0.15, 0.2) is 23.2 Å². The highest BCUT2D eigenvalue weighted by Gasteiger charge is 2.34. The number of nitrogens with zero attached hydrogens (tertiary/aromatic N) is 3. The second kappa shape index (κ2) is 10.2. The maximum Gasteiger partial charge on any atom is 0.318 e. The summed E-state index contributed by atoms with van der Waals surface area (Å²) in [7, 11) is 1.79. The number of benzene rings is 1. The van der Waals surface area contributed by atoms with Gasteiger partial charge in [0.1, 0.15) is 18.2 Å². The molecule has 1 saturated carbocycles. The second-order valence-corrected chi connectivity index (χ2v) is 8.81. The van der Waals surface area contributed by atoms with Gasteiger partial charge in [-0.2, -0.15) is 0 Å². The fourth-order valence-electron chi connectivity index (χ4n) is 4.70. The van der Waals surface area contributed by atoms with Crippen LogP contribution in [0.2, 0.25) is 0 Å². The van der Waals surface area contributed by atoms with E-state index in [1.54, 1.807) is 18.9 Å². The van der Waals surface area contributed by atoms with Gasteiger partial charge in [0, 0.05) is 31.6 Å². The average Bonchev–Trinajstić information content (AvgIpc) is 3.18. The minimum absolute atomic E-state index is 0.0640. The highest BCUT2D eigenvalue weighted by atomic mass is 16.5. The molecule has 1 aliphatic carbocycles. The first kappa shape index (κ1) is 23.1. The van der Waals surface area contributed by atoms with Crippen molar-refractivity contribution >= 4 is 29.4 Å². The number of ether oxygens (including phenoxy) is 2. The molecular weight excluding hydrogens is 424 g/mol. The molecule has 178 valence electrons. The van der Waals surface area contributed by atoms with Crippen LogP contribution in [0.1, 0.15) is 51.0 Å². The highest BCUT2D eigenvalue weighted by Crippen LogP contribution is 2.31. The average molecular weight is 457 g/mol. The van der Waals surface area contributed by atoms with Gasteiger partial charge in [0.25, 0.3) is 0 Å². The van der Waals surface area contributed by atoms with Gasteiger partial charge in [-0.15, -0.1) is 0 Å². The number of nitrogens with one attached hydrogen (secondary N) is 1. The molecule has 0 spiro atoms. The van der Waals surface area contributed by atoms with E-state index >= 15 is 0 Å². The van der Waals surface area contributed by atoms with E-state index in [0.29, 0.717) is 24.8 Å². The van der Waals surface area contributed by atoms with Crippen LogP contribution >= 0.6 is 0 Å². The predicted octanol–water partition coefficient (Wildman–Crippen LogP) is 2.36. The Morgan fingerprint density at radius 3 is 2.79 bits per heavy atom. The molecule has 2 fully saturated rings. The Morgan fingerprint density at radius 1 is 1.24 bits per heavy atom. The van der Waals surface area contributed by atoms with E-state index in [0.717, 1.165) is 36.9 Å². The van der Waals surface area contributed by atoms with Crippen molar-refractivity contribution in [3.05, 3.63) is 23.8 Å². The Labute approximate surface area is 194 Å². The molecule has 0 radical (unpaired) electrons. The van der Waals surface area contributed by atoms with Crippen LogP contribution in [-0.2, 0) is 25.7 Å². The topological polar surface area (TPSA) is 101 Å². The van der Waals surface area contributed by atoms with Crippen molar-refractivity contribution in [2.24, 2.45) is 10.9 Å². The zero-order valence-electron chi connectivity index (χ0n) is 19.3. The smallest absolute Gasteiger partial charge is 0.318 e. The Hall–Kier alpha value is -3.10. The van der Waals surface area contributed by atoms with Gasteiger partial charge >= 0.3 is 5.97 Å². The highest BCUT2D eigenvalue weighted by molar-refractivity contribution is 6.05. The van der Waals surface area contributed by atoms with Crippen LogP contribution in [0, 0.1) is 5.92 Å². The Kier molecular flexibility index (Phi) is 7.15. The number of aliphatic imine (C=N–C) groups is 1. The van der Waals surface area contributed by atoms with Crippen molar-refractivity contribution < 1.29 is 23.9 Å². The number of fused-ring (bicyclic) bond motifs is 2. The molecule has 1 N–H and O–H groups in total. The molecule has 0 aromatic heterocycles. The van der Waals surface area contributed by atoms with E-state index in [2.05, 4.69) is 10.3 Å². The first-order valence-corrected chi connectivity index (χ1v) is 11.8. The Morgan fingerprint density at radius 2 is 2.03 bits per heavy atom. The normalized spacial score (nSPS) is 18.5. The lowest BCUT2D eigenvalue weighted by atomic mass is 9.93. The zero-order chi connectivity index (χ0) is 23.4. The van der Waals surface area contributed by atoms with E-state index in [1.807, 2.05) is 23.1 Å². The lowest BCUT2D eigenvalue weighted by molar-refractivity contribution is -0.156. The van der Waals surface area contributed by atoms with Crippen LogP contribution in [0.3, 0.4) is 0 Å².